The van der Waals surface area contributed by atoms with E-state index in [1.807, 2.05) is 19.9 Å². The summed E-state index contributed by atoms with van der Waals surface area (Å²) in [7, 11) is 1.36. The zero-order chi connectivity index (χ0) is 15.2. The van der Waals surface area contributed by atoms with E-state index in [2.05, 4.69) is 14.7 Å². The molecule has 0 aliphatic carbocycles. The van der Waals surface area contributed by atoms with E-state index in [0.29, 0.717) is 6.42 Å². The minimum atomic E-state index is -0.893. The van der Waals surface area contributed by atoms with Gasteiger partial charge in [-0.15, -0.1) is 0 Å². The quantitative estimate of drug-likeness (QED) is 0.360. The summed E-state index contributed by atoms with van der Waals surface area (Å²) in [6, 6.07) is 1.96. The molecule has 1 unspecified atom stereocenters. The van der Waals surface area contributed by atoms with Crippen molar-refractivity contribution in [2.45, 2.75) is 50.7 Å². The predicted octanol–water partition coefficient (Wildman–Crippen LogP) is 2.25. The Hall–Kier alpha value is -1.14. The summed E-state index contributed by atoms with van der Waals surface area (Å²) in [4.78, 5) is 20.2. The number of ether oxygens (including phenoxy) is 1. The molecule has 0 spiro atoms. The molecule has 20 heavy (non-hydrogen) atoms. The van der Waals surface area contributed by atoms with Crippen LogP contribution in [0.5, 0.6) is 0 Å². The van der Waals surface area contributed by atoms with E-state index in [4.69, 9.17) is 5.73 Å². The van der Waals surface area contributed by atoms with Gasteiger partial charge in [-0.3, -0.25) is 4.79 Å². The Kier molecular flexibility index (Phi) is 6.42. The molecule has 0 aromatic carbocycles. The summed E-state index contributed by atoms with van der Waals surface area (Å²) >= 11 is 1.63. The second-order valence-electron chi connectivity index (χ2n) is 5.15. The first-order valence-electron chi connectivity index (χ1n) is 6.67. The number of rotatable bonds is 7. The molecule has 1 aromatic rings. The highest BCUT2D eigenvalue weighted by Crippen LogP contribution is 2.18. The summed E-state index contributed by atoms with van der Waals surface area (Å²) < 4.78 is 4.68. The number of nitrogens with zero attached hydrogens (tertiary/aromatic N) is 2. The maximum atomic E-state index is 11.4. The van der Waals surface area contributed by atoms with Crippen molar-refractivity contribution in [3.05, 3.63) is 17.5 Å². The van der Waals surface area contributed by atoms with Crippen LogP contribution in [0.4, 0.5) is 0 Å². The maximum Gasteiger partial charge on any atom is 0.325 e. The Morgan fingerprint density at radius 3 is 2.50 bits per heavy atom. The minimum Gasteiger partial charge on any atom is -0.468 e. The molecule has 0 saturated carbocycles. The smallest absolute Gasteiger partial charge is 0.325 e. The van der Waals surface area contributed by atoms with Gasteiger partial charge in [-0.1, -0.05) is 18.2 Å². The number of hydrogen-bond donors (Lipinski definition) is 1. The Morgan fingerprint density at radius 1 is 1.35 bits per heavy atom. The summed E-state index contributed by atoms with van der Waals surface area (Å²) in [5.74, 6) is 0.558. The molecule has 0 aliphatic heterocycles. The number of methoxy groups -OCH3 is 1. The van der Waals surface area contributed by atoms with E-state index in [1.54, 1.807) is 18.7 Å². The molecule has 0 radical (unpaired) electrons. The molecule has 1 aromatic heterocycles. The number of thioether (sulfide) groups is 1. The molecule has 5 nitrogen and oxygen atoms in total. The number of nitrogens with two attached hydrogens (primary N) is 1. The highest BCUT2D eigenvalue weighted by Gasteiger charge is 2.28. The highest BCUT2D eigenvalue weighted by molar-refractivity contribution is 7.99. The van der Waals surface area contributed by atoms with Crippen LogP contribution in [0.2, 0.25) is 0 Å². The summed E-state index contributed by atoms with van der Waals surface area (Å²) in [5.41, 5.74) is 6.98. The Bertz CT molecular complexity index is 443. The maximum absolute atomic E-state index is 11.4. The first-order chi connectivity index (χ1) is 9.35. The molecule has 112 valence electrons. The van der Waals surface area contributed by atoms with Gasteiger partial charge in [0.25, 0.3) is 0 Å². The average molecular weight is 297 g/mol. The molecule has 1 atom stereocenters. The predicted molar refractivity (Wildman–Crippen MR) is 80.7 cm³/mol. The summed E-state index contributed by atoms with van der Waals surface area (Å²) in [6.07, 6.45) is 2.46. The summed E-state index contributed by atoms with van der Waals surface area (Å²) in [6.45, 7) is 5.64. The zero-order valence-electron chi connectivity index (χ0n) is 12.6. The first kappa shape index (κ1) is 16.9. The molecule has 0 saturated heterocycles. The van der Waals surface area contributed by atoms with E-state index in [-0.39, 0.29) is 5.97 Å². The van der Waals surface area contributed by atoms with Gasteiger partial charge in [0.2, 0.25) is 0 Å². The molecule has 2 N–H and O–H groups in total. The van der Waals surface area contributed by atoms with Gasteiger partial charge >= 0.3 is 5.97 Å². The number of hydrogen-bond acceptors (Lipinski definition) is 6. The van der Waals surface area contributed by atoms with Gasteiger partial charge in [0.15, 0.2) is 5.16 Å². The van der Waals surface area contributed by atoms with Crippen LogP contribution in [0, 0.1) is 13.8 Å². The van der Waals surface area contributed by atoms with Crippen molar-refractivity contribution in [1.82, 2.24) is 9.97 Å². The molecule has 1 rings (SSSR count). The topological polar surface area (TPSA) is 78.1 Å². The fourth-order valence-corrected chi connectivity index (χ4v) is 2.80. The molecule has 1 heterocycles. The first-order valence-corrected chi connectivity index (χ1v) is 7.66. The van der Waals surface area contributed by atoms with Crippen LogP contribution < -0.4 is 5.73 Å². The molecule has 0 fully saturated rings. The fraction of sp³-hybridized carbons (Fsp3) is 0.643. The number of unbranched alkanes of at least 4 members (excludes halogenated alkanes) is 1. The average Bonchev–Trinajstić information content (AvgIpc) is 2.36. The third kappa shape index (κ3) is 5.46. The van der Waals surface area contributed by atoms with Crippen LogP contribution >= 0.6 is 11.8 Å². The number of carbonyl (C=O) groups is 1. The van der Waals surface area contributed by atoms with Crippen molar-refractivity contribution in [2.75, 3.05) is 12.9 Å². The van der Waals surface area contributed by atoms with Gasteiger partial charge in [-0.25, -0.2) is 9.97 Å². The number of aryl methyl sites for hydroxylation is 2. The molecule has 6 heteroatoms. The van der Waals surface area contributed by atoms with E-state index in [1.165, 1.54) is 7.11 Å². The molecule has 0 aliphatic rings. The van der Waals surface area contributed by atoms with Crippen molar-refractivity contribution >= 4 is 17.7 Å². The molecule has 0 amide bonds. The van der Waals surface area contributed by atoms with Gasteiger partial charge in [0, 0.05) is 17.1 Å². The van der Waals surface area contributed by atoms with Crippen LogP contribution in [0.1, 0.15) is 37.6 Å². The largest absolute Gasteiger partial charge is 0.468 e. The van der Waals surface area contributed by atoms with Crippen molar-refractivity contribution in [2.24, 2.45) is 5.73 Å². The lowest BCUT2D eigenvalue weighted by Gasteiger charge is -2.20. The third-order valence-electron chi connectivity index (χ3n) is 2.94. The second-order valence-corrected chi connectivity index (χ2v) is 6.21. The standard InChI is InChI=1S/C14H23N3O2S/c1-10-9-11(2)17-13(16-10)20-8-6-5-7-14(3,15)12(18)19-4/h9H,5-8,15H2,1-4H3. The fourth-order valence-electron chi connectivity index (χ4n) is 1.85. The lowest BCUT2D eigenvalue weighted by Crippen LogP contribution is -2.45. The SMILES string of the molecule is COC(=O)C(C)(N)CCCCSc1nc(C)cc(C)n1. The third-order valence-corrected chi connectivity index (χ3v) is 3.87. The van der Waals surface area contributed by atoms with Crippen LogP contribution in [0.25, 0.3) is 0 Å². The zero-order valence-corrected chi connectivity index (χ0v) is 13.4. The van der Waals surface area contributed by atoms with Crippen LogP contribution in [-0.4, -0.2) is 34.3 Å². The monoisotopic (exact) mass is 297 g/mol. The van der Waals surface area contributed by atoms with Crippen molar-refractivity contribution < 1.29 is 9.53 Å². The van der Waals surface area contributed by atoms with Gasteiger partial charge in [-0.2, -0.15) is 0 Å². The van der Waals surface area contributed by atoms with Gasteiger partial charge in [-0.05, 0) is 39.7 Å². The van der Waals surface area contributed by atoms with Crippen molar-refractivity contribution in [3.63, 3.8) is 0 Å². The molecule has 0 bridgehead atoms. The number of aromatic nitrogens is 2. The minimum absolute atomic E-state index is 0.359. The van der Waals surface area contributed by atoms with Gasteiger partial charge in [0.05, 0.1) is 7.11 Å². The molecular formula is C14H23N3O2S. The van der Waals surface area contributed by atoms with Crippen molar-refractivity contribution in [3.8, 4) is 0 Å². The van der Waals surface area contributed by atoms with E-state index in [9.17, 15) is 4.79 Å². The Balaban J connectivity index is 2.30. The van der Waals surface area contributed by atoms with E-state index in [0.717, 1.165) is 35.1 Å². The Morgan fingerprint density at radius 2 is 1.95 bits per heavy atom. The van der Waals surface area contributed by atoms with E-state index >= 15 is 0 Å². The van der Waals surface area contributed by atoms with Crippen molar-refractivity contribution in [1.29, 1.82) is 0 Å². The normalized spacial score (nSPS) is 13.8. The van der Waals surface area contributed by atoms with Gasteiger partial charge < -0.3 is 10.5 Å². The highest BCUT2D eigenvalue weighted by atomic mass is 32.2. The van der Waals surface area contributed by atoms with Crippen LogP contribution in [0.3, 0.4) is 0 Å². The molecular weight excluding hydrogens is 274 g/mol. The summed E-state index contributed by atoms with van der Waals surface area (Å²) in [5, 5.41) is 0.811. The van der Waals surface area contributed by atoms with Crippen LogP contribution in [-0.2, 0) is 9.53 Å². The number of esters is 1. The lowest BCUT2D eigenvalue weighted by molar-refractivity contribution is -0.146. The second kappa shape index (κ2) is 7.59. The van der Waals surface area contributed by atoms with E-state index < -0.39 is 5.54 Å². The van der Waals surface area contributed by atoms with Gasteiger partial charge in [0.1, 0.15) is 5.54 Å². The Labute approximate surface area is 124 Å². The lowest BCUT2D eigenvalue weighted by atomic mass is 9.97. The number of carbonyl (C=O) groups excluding carboxylic acids is 1. The van der Waals surface area contributed by atoms with Crippen LogP contribution in [0.15, 0.2) is 11.2 Å².